The third-order valence-electron chi connectivity index (χ3n) is 2.41. The molecule has 0 bridgehead atoms. The van der Waals surface area contributed by atoms with Crippen LogP contribution in [0.3, 0.4) is 0 Å². The van der Waals surface area contributed by atoms with E-state index >= 15 is 0 Å². The summed E-state index contributed by atoms with van der Waals surface area (Å²) < 4.78 is 0. The zero-order chi connectivity index (χ0) is 10.9. The fourth-order valence-corrected chi connectivity index (χ4v) is 1.54. The first kappa shape index (κ1) is 11.3. The summed E-state index contributed by atoms with van der Waals surface area (Å²) in [7, 11) is 0. The lowest BCUT2D eigenvalue weighted by Crippen LogP contribution is -2.57. The van der Waals surface area contributed by atoms with Gasteiger partial charge in [-0.3, -0.25) is 9.59 Å². The van der Waals surface area contributed by atoms with E-state index in [0.29, 0.717) is 0 Å². The van der Waals surface area contributed by atoms with Gasteiger partial charge >= 0.3 is 0 Å². The minimum absolute atomic E-state index is 0.121. The van der Waals surface area contributed by atoms with E-state index in [1.807, 2.05) is 0 Å². The number of carbonyl (C=O) groups excluding carboxylic acids is 2. The Balaban J connectivity index is 2.86. The maximum Gasteiger partial charge on any atom is 0.229 e. The van der Waals surface area contributed by atoms with Crippen molar-refractivity contribution in [3.63, 3.8) is 0 Å². The molecular weight excluding hydrogens is 190 g/mol. The van der Waals surface area contributed by atoms with E-state index in [4.69, 9.17) is 10.8 Å². The Morgan fingerprint density at radius 3 is 2.14 bits per heavy atom. The summed E-state index contributed by atoms with van der Waals surface area (Å²) in [6.07, 6.45) is -4.71. The van der Waals surface area contributed by atoms with Crippen LogP contribution < -0.4 is 5.73 Å². The van der Waals surface area contributed by atoms with E-state index in [0.717, 1.165) is 0 Å². The molecule has 1 saturated carbocycles. The molecule has 0 aromatic carbocycles. The molecule has 0 aromatic rings. The van der Waals surface area contributed by atoms with E-state index < -0.39 is 35.8 Å². The van der Waals surface area contributed by atoms with Gasteiger partial charge in [0.05, 0.1) is 12.0 Å². The van der Waals surface area contributed by atoms with Crippen molar-refractivity contribution in [2.45, 2.75) is 24.7 Å². The lowest BCUT2D eigenvalue weighted by atomic mass is 9.79. The molecule has 0 amide bonds. The van der Waals surface area contributed by atoms with Gasteiger partial charge in [-0.2, -0.15) is 0 Å². The third-order valence-corrected chi connectivity index (χ3v) is 2.41. The number of nitrogens with two attached hydrogens (primary N) is 1. The van der Waals surface area contributed by atoms with Crippen LogP contribution in [-0.4, -0.2) is 51.7 Å². The van der Waals surface area contributed by atoms with Crippen LogP contribution in [-0.2, 0) is 9.59 Å². The standard InChI is InChI=1S/C8H13NO5/c9-2-1-3-4(10)6(12)8(14)7(13)5(3)11/h3-4,6,8,10,12,14H,1-2,9H2. The van der Waals surface area contributed by atoms with E-state index in [1.54, 1.807) is 0 Å². The molecule has 6 heteroatoms. The number of ketones is 2. The van der Waals surface area contributed by atoms with Crippen molar-refractivity contribution in [3.8, 4) is 0 Å². The quantitative estimate of drug-likeness (QED) is 0.359. The lowest BCUT2D eigenvalue weighted by Gasteiger charge is -2.32. The van der Waals surface area contributed by atoms with Crippen LogP contribution in [0.25, 0.3) is 0 Å². The van der Waals surface area contributed by atoms with E-state index in [1.165, 1.54) is 0 Å². The van der Waals surface area contributed by atoms with Crippen LogP contribution in [0.15, 0.2) is 0 Å². The van der Waals surface area contributed by atoms with Gasteiger partial charge < -0.3 is 21.1 Å². The molecule has 1 fully saturated rings. The average molecular weight is 203 g/mol. The fourth-order valence-electron chi connectivity index (χ4n) is 1.54. The van der Waals surface area contributed by atoms with Gasteiger partial charge in [-0.25, -0.2) is 0 Å². The predicted molar refractivity (Wildman–Crippen MR) is 45.2 cm³/mol. The highest BCUT2D eigenvalue weighted by atomic mass is 16.4. The zero-order valence-electron chi connectivity index (χ0n) is 7.46. The highest BCUT2D eigenvalue weighted by Crippen LogP contribution is 2.22. The van der Waals surface area contributed by atoms with Gasteiger partial charge in [0.1, 0.15) is 12.2 Å². The van der Waals surface area contributed by atoms with Gasteiger partial charge in [0, 0.05) is 0 Å². The van der Waals surface area contributed by atoms with Gasteiger partial charge in [0.15, 0.2) is 0 Å². The van der Waals surface area contributed by atoms with Crippen molar-refractivity contribution in [3.05, 3.63) is 0 Å². The maximum absolute atomic E-state index is 11.2. The molecule has 0 saturated heterocycles. The minimum atomic E-state index is -1.81. The second-order valence-electron chi connectivity index (χ2n) is 3.34. The average Bonchev–Trinajstić information content (AvgIpc) is 2.19. The summed E-state index contributed by atoms with van der Waals surface area (Å²) in [6, 6.07) is 0. The van der Waals surface area contributed by atoms with E-state index in [9.17, 15) is 19.8 Å². The predicted octanol–water partition coefficient (Wildman–Crippen LogP) is -2.81. The second kappa shape index (κ2) is 4.14. The van der Waals surface area contributed by atoms with E-state index in [2.05, 4.69) is 0 Å². The second-order valence-corrected chi connectivity index (χ2v) is 3.34. The molecule has 6 nitrogen and oxygen atoms in total. The topological polar surface area (TPSA) is 121 Å². The number of Topliss-reactive ketones (excluding diaryl/α,β-unsaturated/α-hetero) is 2. The van der Waals surface area contributed by atoms with Crippen LogP contribution in [0.2, 0.25) is 0 Å². The molecule has 80 valence electrons. The van der Waals surface area contributed by atoms with E-state index in [-0.39, 0.29) is 13.0 Å². The number of aliphatic hydroxyl groups is 3. The van der Waals surface area contributed by atoms with Crippen LogP contribution in [0, 0.1) is 5.92 Å². The number of carbonyl (C=O) groups is 2. The Labute approximate surface area is 80.3 Å². The normalized spacial score (nSPS) is 38.9. The molecule has 1 aliphatic carbocycles. The van der Waals surface area contributed by atoms with Gasteiger partial charge in [0.2, 0.25) is 11.6 Å². The first-order valence-corrected chi connectivity index (χ1v) is 4.33. The molecule has 0 aliphatic heterocycles. The van der Waals surface area contributed by atoms with Crippen molar-refractivity contribution >= 4 is 11.6 Å². The Kier molecular flexibility index (Phi) is 3.33. The molecule has 1 rings (SSSR count). The molecule has 0 spiro atoms. The number of aliphatic hydroxyl groups excluding tert-OH is 3. The first-order valence-electron chi connectivity index (χ1n) is 4.33. The van der Waals surface area contributed by atoms with Crippen LogP contribution in [0.1, 0.15) is 6.42 Å². The number of hydrogen-bond donors (Lipinski definition) is 4. The molecule has 0 aromatic heterocycles. The highest BCUT2D eigenvalue weighted by Gasteiger charge is 2.47. The zero-order valence-corrected chi connectivity index (χ0v) is 7.46. The van der Waals surface area contributed by atoms with Gasteiger partial charge in [-0.15, -0.1) is 0 Å². The largest absolute Gasteiger partial charge is 0.390 e. The SMILES string of the molecule is NCCC1C(=O)C(=O)C(O)C(O)C1O. The summed E-state index contributed by atoms with van der Waals surface area (Å²) in [5.41, 5.74) is 5.19. The van der Waals surface area contributed by atoms with Crippen molar-refractivity contribution in [2.75, 3.05) is 6.54 Å². The maximum atomic E-state index is 11.2. The van der Waals surface area contributed by atoms with Crippen molar-refractivity contribution < 1.29 is 24.9 Å². The molecule has 4 atom stereocenters. The Morgan fingerprint density at radius 2 is 1.64 bits per heavy atom. The van der Waals surface area contributed by atoms with Crippen molar-refractivity contribution in [1.29, 1.82) is 0 Å². The number of hydrogen-bond acceptors (Lipinski definition) is 6. The molecule has 14 heavy (non-hydrogen) atoms. The summed E-state index contributed by atoms with van der Waals surface area (Å²) in [5.74, 6) is -2.91. The van der Waals surface area contributed by atoms with Gasteiger partial charge in [-0.1, -0.05) is 0 Å². The first-order chi connectivity index (χ1) is 6.50. The summed E-state index contributed by atoms with van der Waals surface area (Å²) in [4.78, 5) is 22.3. The van der Waals surface area contributed by atoms with Crippen molar-refractivity contribution in [2.24, 2.45) is 11.7 Å². The minimum Gasteiger partial charge on any atom is -0.390 e. The van der Waals surface area contributed by atoms with Crippen LogP contribution in [0.4, 0.5) is 0 Å². The molecule has 1 aliphatic rings. The Hall–Kier alpha value is -0.820. The molecular formula is C8H13NO5. The summed E-state index contributed by atoms with van der Waals surface area (Å²) >= 11 is 0. The Morgan fingerprint density at radius 1 is 1.07 bits per heavy atom. The van der Waals surface area contributed by atoms with Gasteiger partial charge in [-0.05, 0) is 13.0 Å². The Bertz CT molecular complexity index is 254. The smallest absolute Gasteiger partial charge is 0.229 e. The monoisotopic (exact) mass is 203 g/mol. The van der Waals surface area contributed by atoms with Gasteiger partial charge in [0.25, 0.3) is 0 Å². The van der Waals surface area contributed by atoms with Crippen LogP contribution in [0.5, 0.6) is 0 Å². The summed E-state index contributed by atoms with van der Waals surface area (Å²) in [6.45, 7) is 0.129. The summed E-state index contributed by atoms with van der Waals surface area (Å²) in [5, 5.41) is 27.7. The molecule has 0 radical (unpaired) electrons. The number of rotatable bonds is 2. The molecule has 5 N–H and O–H groups in total. The fraction of sp³-hybridized carbons (Fsp3) is 0.750. The van der Waals surface area contributed by atoms with Crippen LogP contribution >= 0.6 is 0 Å². The van der Waals surface area contributed by atoms with Crippen molar-refractivity contribution in [1.82, 2.24) is 0 Å². The molecule has 0 heterocycles. The highest BCUT2D eigenvalue weighted by molar-refractivity contribution is 6.40. The third kappa shape index (κ3) is 1.69. The lowest BCUT2D eigenvalue weighted by molar-refractivity contribution is -0.165. The molecule has 4 unspecified atom stereocenters.